The van der Waals surface area contributed by atoms with E-state index in [1.807, 2.05) is 0 Å². The molecule has 3 N–H and O–H groups in total. The number of hydrogen-bond donors (Lipinski definition) is 2. The van der Waals surface area contributed by atoms with Gasteiger partial charge in [-0.3, -0.25) is 4.68 Å². The van der Waals surface area contributed by atoms with Gasteiger partial charge in [-0.1, -0.05) is 0 Å². The van der Waals surface area contributed by atoms with Crippen molar-refractivity contribution in [3.8, 4) is 0 Å². The molecule has 0 amide bonds. The van der Waals surface area contributed by atoms with E-state index in [1.54, 1.807) is 10.9 Å². The first kappa shape index (κ1) is 16.6. The van der Waals surface area contributed by atoms with Gasteiger partial charge in [0, 0.05) is 12.8 Å². The van der Waals surface area contributed by atoms with Gasteiger partial charge in [-0.15, -0.1) is 0 Å². The molecule has 130 valence electrons. The highest BCUT2D eigenvalue weighted by molar-refractivity contribution is 5.41. The molecule has 2 heterocycles. The van der Waals surface area contributed by atoms with E-state index in [4.69, 9.17) is 10.5 Å². The van der Waals surface area contributed by atoms with Gasteiger partial charge in [0.2, 0.25) is 0 Å². The first-order valence-corrected chi connectivity index (χ1v) is 8.58. The van der Waals surface area contributed by atoms with Crippen molar-refractivity contribution in [3.63, 3.8) is 0 Å². The van der Waals surface area contributed by atoms with Crippen LogP contribution < -0.4 is 11.1 Å². The molecule has 3 rings (SSSR count). The Morgan fingerprint density at radius 3 is 2.52 bits per heavy atom. The summed E-state index contributed by atoms with van der Waals surface area (Å²) in [5, 5.41) is 7.32. The average Bonchev–Trinajstić information content (AvgIpc) is 2.96. The van der Waals surface area contributed by atoms with Crippen LogP contribution in [0.15, 0.2) is 6.20 Å². The number of rotatable bonds is 5. The summed E-state index contributed by atoms with van der Waals surface area (Å²) in [6.07, 6.45) is 5.54. The highest BCUT2D eigenvalue weighted by atomic mass is 19.3. The van der Waals surface area contributed by atoms with E-state index in [-0.39, 0.29) is 17.4 Å². The molecule has 1 aromatic rings. The molecule has 1 saturated carbocycles. The van der Waals surface area contributed by atoms with Crippen molar-refractivity contribution in [3.05, 3.63) is 11.9 Å². The van der Waals surface area contributed by atoms with E-state index in [0.717, 1.165) is 58.2 Å². The second kappa shape index (κ2) is 7.57. The van der Waals surface area contributed by atoms with Gasteiger partial charge >= 0.3 is 0 Å². The lowest BCUT2D eigenvalue weighted by Crippen LogP contribution is -2.33. The second-order valence-corrected chi connectivity index (χ2v) is 6.71. The Morgan fingerprint density at radius 2 is 1.91 bits per heavy atom. The molecule has 7 heteroatoms. The van der Waals surface area contributed by atoms with Crippen molar-refractivity contribution in [2.24, 2.45) is 5.92 Å². The van der Waals surface area contributed by atoms with Crippen LogP contribution >= 0.6 is 0 Å². The lowest BCUT2D eigenvalue weighted by molar-refractivity contribution is 0.00186. The van der Waals surface area contributed by atoms with Crippen molar-refractivity contribution >= 4 is 5.69 Å². The maximum absolute atomic E-state index is 12.8. The lowest BCUT2D eigenvalue weighted by Gasteiger charge is -2.30. The van der Waals surface area contributed by atoms with Gasteiger partial charge in [0.15, 0.2) is 5.69 Å². The van der Waals surface area contributed by atoms with E-state index in [0.29, 0.717) is 12.0 Å². The van der Waals surface area contributed by atoms with Crippen molar-refractivity contribution in [1.29, 1.82) is 0 Å². The minimum atomic E-state index is -2.61. The van der Waals surface area contributed by atoms with Crippen LogP contribution in [0.25, 0.3) is 0 Å². The van der Waals surface area contributed by atoms with Gasteiger partial charge in [-0.2, -0.15) is 5.10 Å². The van der Waals surface area contributed by atoms with Crippen LogP contribution in [-0.2, 0) is 4.74 Å². The minimum absolute atomic E-state index is 0.0939. The van der Waals surface area contributed by atoms with Crippen molar-refractivity contribution in [2.75, 3.05) is 25.4 Å². The number of nitrogens with one attached hydrogen (secondary N) is 1. The predicted octanol–water partition coefficient (Wildman–Crippen LogP) is 2.90. The van der Waals surface area contributed by atoms with Gasteiger partial charge in [0.1, 0.15) is 0 Å². The molecule has 5 nitrogen and oxygen atoms in total. The monoisotopic (exact) mass is 328 g/mol. The van der Waals surface area contributed by atoms with E-state index < -0.39 is 6.43 Å². The number of piperidine rings is 1. The maximum Gasteiger partial charge on any atom is 0.284 e. The fourth-order valence-corrected chi connectivity index (χ4v) is 3.59. The van der Waals surface area contributed by atoms with Crippen LogP contribution in [0.5, 0.6) is 0 Å². The van der Waals surface area contributed by atoms with E-state index in [1.165, 1.54) is 0 Å². The zero-order valence-corrected chi connectivity index (χ0v) is 13.4. The van der Waals surface area contributed by atoms with Crippen LogP contribution in [0.4, 0.5) is 14.5 Å². The summed E-state index contributed by atoms with van der Waals surface area (Å²) < 4.78 is 33.2. The number of hydrogen-bond acceptors (Lipinski definition) is 4. The zero-order valence-electron chi connectivity index (χ0n) is 13.4. The Kier molecular flexibility index (Phi) is 5.48. The van der Waals surface area contributed by atoms with Crippen molar-refractivity contribution in [2.45, 2.75) is 57.1 Å². The van der Waals surface area contributed by atoms with Crippen LogP contribution in [0.3, 0.4) is 0 Å². The Hall–Kier alpha value is -1.21. The standard InChI is InChI=1S/C16H26F2N4O/c17-16(18)15-14(19)9-22(21-15)12-3-1-11(2-4-12)10-23-13-5-7-20-8-6-13/h9,11-13,16,20H,1-8,10,19H2. The molecule has 0 spiro atoms. The van der Waals surface area contributed by atoms with E-state index in [2.05, 4.69) is 10.4 Å². The smallest absolute Gasteiger partial charge is 0.284 e. The Bertz CT molecular complexity index is 494. The number of nitrogen functional groups attached to an aromatic ring is 1. The summed E-state index contributed by atoms with van der Waals surface area (Å²) >= 11 is 0. The van der Waals surface area contributed by atoms with Crippen LogP contribution in [0, 0.1) is 5.92 Å². The molecular weight excluding hydrogens is 302 g/mol. The van der Waals surface area contributed by atoms with Crippen LogP contribution in [0.2, 0.25) is 0 Å². The summed E-state index contributed by atoms with van der Waals surface area (Å²) in [5.41, 5.74) is 5.42. The van der Waals surface area contributed by atoms with Gasteiger partial charge in [0.05, 0.1) is 17.8 Å². The fourth-order valence-electron chi connectivity index (χ4n) is 3.59. The lowest BCUT2D eigenvalue weighted by atomic mass is 9.86. The van der Waals surface area contributed by atoms with E-state index >= 15 is 0 Å². The predicted molar refractivity (Wildman–Crippen MR) is 84.4 cm³/mol. The average molecular weight is 328 g/mol. The third-order valence-corrected chi connectivity index (χ3v) is 5.04. The molecule has 0 aromatic carbocycles. The summed E-state index contributed by atoms with van der Waals surface area (Å²) in [6, 6.07) is 0.180. The summed E-state index contributed by atoms with van der Waals surface area (Å²) in [4.78, 5) is 0. The molecule has 1 aromatic heterocycles. The van der Waals surface area contributed by atoms with Gasteiger partial charge < -0.3 is 15.8 Å². The summed E-state index contributed by atoms with van der Waals surface area (Å²) in [5.74, 6) is 0.573. The largest absolute Gasteiger partial charge is 0.396 e. The molecule has 1 aliphatic heterocycles. The maximum atomic E-state index is 12.8. The van der Waals surface area contributed by atoms with Crippen LogP contribution in [-0.4, -0.2) is 35.6 Å². The second-order valence-electron chi connectivity index (χ2n) is 6.71. The number of halogens is 2. The number of nitrogens with zero attached hydrogens (tertiary/aromatic N) is 2. The molecule has 1 saturated heterocycles. The molecule has 0 radical (unpaired) electrons. The molecule has 1 aliphatic carbocycles. The van der Waals surface area contributed by atoms with Gasteiger partial charge in [0.25, 0.3) is 6.43 Å². The number of aromatic nitrogens is 2. The topological polar surface area (TPSA) is 65.1 Å². The first-order valence-electron chi connectivity index (χ1n) is 8.58. The number of alkyl halides is 2. The molecule has 2 fully saturated rings. The Labute approximate surface area is 135 Å². The highest BCUT2D eigenvalue weighted by Gasteiger charge is 2.26. The van der Waals surface area contributed by atoms with Gasteiger partial charge in [-0.05, 0) is 57.5 Å². The quantitative estimate of drug-likeness (QED) is 0.872. The van der Waals surface area contributed by atoms with E-state index in [9.17, 15) is 8.78 Å². The number of ether oxygens (including phenoxy) is 1. The molecule has 0 unspecified atom stereocenters. The number of anilines is 1. The number of nitrogens with two attached hydrogens (primary N) is 1. The third-order valence-electron chi connectivity index (χ3n) is 5.04. The summed E-state index contributed by atoms with van der Waals surface area (Å²) in [6.45, 7) is 2.91. The third kappa shape index (κ3) is 4.20. The molecule has 2 aliphatic rings. The molecule has 0 bridgehead atoms. The van der Waals surface area contributed by atoms with Crippen molar-refractivity contribution < 1.29 is 13.5 Å². The van der Waals surface area contributed by atoms with Crippen LogP contribution in [0.1, 0.15) is 56.7 Å². The molecule has 0 atom stereocenters. The normalized spacial score (nSPS) is 26.7. The van der Waals surface area contributed by atoms with Crippen molar-refractivity contribution in [1.82, 2.24) is 15.1 Å². The summed E-state index contributed by atoms with van der Waals surface area (Å²) in [7, 11) is 0. The fraction of sp³-hybridized carbons (Fsp3) is 0.812. The first-order chi connectivity index (χ1) is 11.1. The highest BCUT2D eigenvalue weighted by Crippen LogP contribution is 2.34. The molecular formula is C16H26F2N4O. The molecule has 23 heavy (non-hydrogen) atoms. The Morgan fingerprint density at radius 1 is 1.22 bits per heavy atom. The SMILES string of the molecule is Nc1cn(C2CCC(COC3CCNCC3)CC2)nc1C(F)F. The minimum Gasteiger partial charge on any atom is -0.396 e. The Balaban J connectivity index is 1.45. The zero-order chi connectivity index (χ0) is 16.2. The van der Waals surface area contributed by atoms with Gasteiger partial charge in [-0.25, -0.2) is 8.78 Å².